The van der Waals surface area contributed by atoms with E-state index in [2.05, 4.69) is 4.98 Å². The van der Waals surface area contributed by atoms with Crippen LogP contribution in [0.5, 0.6) is 0 Å². The number of fused-ring (bicyclic) bond motifs is 1. The van der Waals surface area contributed by atoms with Crippen molar-refractivity contribution in [2.24, 2.45) is 0 Å². The molecule has 1 saturated heterocycles. The summed E-state index contributed by atoms with van der Waals surface area (Å²) in [5.41, 5.74) is 2.11. The van der Waals surface area contributed by atoms with E-state index in [-0.39, 0.29) is 5.57 Å². The molecule has 7 nitrogen and oxygen atoms in total. The second kappa shape index (κ2) is 5.92. The Bertz CT molecular complexity index is 1050. The maximum atomic E-state index is 12.5. The molecule has 0 radical (unpaired) electrons. The van der Waals surface area contributed by atoms with Crippen LogP contribution in [0, 0.1) is 0 Å². The fourth-order valence-corrected chi connectivity index (χ4v) is 3.58. The van der Waals surface area contributed by atoms with Crippen LogP contribution in [-0.2, 0) is 9.59 Å². The average Bonchev–Trinajstić information content (AvgIpc) is 3.24. The Morgan fingerprint density at radius 2 is 1.65 bits per heavy atom. The topological polar surface area (TPSA) is 75.0 Å². The lowest BCUT2D eigenvalue weighted by Crippen LogP contribution is -2.52. The van der Waals surface area contributed by atoms with Gasteiger partial charge in [-0.25, -0.2) is 9.78 Å². The summed E-state index contributed by atoms with van der Waals surface area (Å²) < 4.78 is 1.83. The summed E-state index contributed by atoms with van der Waals surface area (Å²) in [7, 11) is 2.71. The van der Waals surface area contributed by atoms with Gasteiger partial charge in [0.25, 0.3) is 11.8 Å². The number of imidazole rings is 1. The van der Waals surface area contributed by atoms with Gasteiger partial charge in [-0.2, -0.15) is 0 Å². The van der Waals surface area contributed by atoms with Gasteiger partial charge in [0.2, 0.25) is 0 Å². The Morgan fingerprint density at radius 3 is 2.31 bits per heavy atom. The third-order valence-electron chi connectivity index (χ3n) is 4.27. The predicted octanol–water partition coefficient (Wildman–Crippen LogP) is 2.50. The van der Waals surface area contributed by atoms with Crippen LogP contribution < -0.4 is 0 Å². The number of rotatable bonds is 2. The molecule has 4 amide bonds. The van der Waals surface area contributed by atoms with E-state index in [0.717, 1.165) is 20.3 Å². The first-order chi connectivity index (χ1) is 12.5. The number of amides is 4. The Labute approximate surface area is 152 Å². The lowest BCUT2D eigenvalue weighted by molar-refractivity contribution is -0.134. The number of imide groups is 2. The number of carbonyl (C=O) groups excluding carboxylic acids is 3. The highest BCUT2D eigenvalue weighted by molar-refractivity contribution is 7.15. The molecule has 1 aromatic carbocycles. The Kier molecular flexibility index (Phi) is 3.69. The van der Waals surface area contributed by atoms with E-state index >= 15 is 0 Å². The third kappa shape index (κ3) is 2.34. The second-order valence-electron chi connectivity index (χ2n) is 5.84. The zero-order valence-electron chi connectivity index (χ0n) is 14.0. The van der Waals surface area contributed by atoms with Crippen LogP contribution in [0.1, 0.15) is 5.69 Å². The molecular weight excluding hydrogens is 352 g/mol. The van der Waals surface area contributed by atoms with Crippen molar-refractivity contribution in [3.05, 3.63) is 53.2 Å². The van der Waals surface area contributed by atoms with E-state index in [1.807, 2.05) is 46.3 Å². The molecule has 8 heteroatoms. The highest BCUT2D eigenvalue weighted by Crippen LogP contribution is 2.29. The summed E-state index contributed by atoms with van der Waals surface area (Å²) in [4.78, 5) is 44.2. The molecule has 0 atom stereocenters. The molecule has 0 aliphatic carbocycles. The first kappa shape index (κ1) is 16.2. The van der Waals surface area contributed by atoms with Crippen LogP contribution in [0.4, 0.5) is 4.79 Å². The molecule has 26 heavy (non-hydrogen) atoms. The molecule has 0 saturated carbocycles. The first-order valence-corrected chi connectivity index (χ1v) is 8.69. The highest BCUT2D eigenvalue weighted by Gasteiger charge is 2.38. The van der Waals surface area contributed by atoms with Gasteiger partial charge >= 0.3 is 6.03 Å². The molecular formula is C18H14N4O3S. The molecule has 1 aliphatic heterocycles. The predicted molar refractivity (Wildman–Crippen MR) is 97.4 cm³/mol. The van der Waals surface area contributed by atoms with Crippen molar-refractivity contribution >= 4 is 40.2 Å². The second-order valence-corrected chi connectivity index (χ2v) is 6.71. The largest absolute Gasteiger partial charge is 0.333 e. The normalized spacial score (nSPS) is 15.3. The van der Waals surface area contributed by atoms with E-state index in [1.165, 1.54) is 31.5 Å². The summed E-state index contributed by atoms with van der Waals surface area (Å²) in [5, 5.41) is 1.88. The number of carbonyl (C=O) groups is 3. The Hall–Kier alpha value is -3.26. The zero-order chi connectivity index (χ0) is 18.4. The van der Waals surface area contributed by atoms with Crippen LogP contribution in [0.2, 0.25) is 0 Å². The lowest BCUT2D eigenvalue weighted by Gasteiger charge is -2.28. The van der Waals surface area contributed by atoms with Gasteiger partial charge in [-0.15, -0.1) is 11.3 Å². The summed E-state index contributed by atoms with van der Waals surface area (Å²) in [5.74, 6) is -1.25. The van der Waals surface area contributed by atoms with Gasteiger partial charge < -0.3 is 0 Å². The fourth-order valence-electron chi connectivity index (χ4n) is 2.86. The highest BCUT2D eigenvalue weighted by atomic mass is 32.1. The first-order valence-electron chi connectivity index (χ1n) is 7.82. The Morgan fingerprint density at radius 1 is 1.00 bits per heavy atom. The van der Waals surface area contributed by atoms with Gasteiger partial charge in [-0.05, 0) is 6.08 Å². The standard InChI is InChI=1S/C18H14N4O3S/c1-20-15(23)12(16(24)21(2)18(20)25)10-13-14(11-6-4-3-5-7-11)19-17-22(13)8-9-26-17/h3-10H,1-2H3. The number of thiazole rings is 1. The molecule has 3 heterocycles. The minimum atomic E-state index is -0.644. The smallest absolute Gasteiger partial charge is 0.290 e. The quantitative estimate of drug-likeness (QED) is 0.516. The minimum absolute atomic E-state index is 0.0696. The fraction of sp³-hybridized carbons (Fsp3) is 0.111. The number of nitrogens with zero attached hydrogens (tertiary/aromatic N) is 4. The van der Waals surface area contributed by atoms with E-state index in [9.17, 15) is 14.4 Å². The zero-order valence-corrected chi connectivity index (χ0v) is 14.9. The van der Waals surface area contributed by atoms with Crippen LogP contribution in [-0.4, -0.2) is 51.1 Å². The molecule has 3 aromatic rings. The minimum Gasteiger partial charge on any atom is -0.290 e. The van der Waals surface area contributed by atoms with Gasteiger partial charge in [0, 0.05) is 31.2 Å². The van der Waals surface area contributed by atoms with Crippen LogP contribution >= 0.6 is 11.3 Å². The maximum absolute atomic E-state index is 12.5. The number of urea groups is 1. The number of likely N-dealkylation sites (N-methyl/N-ethyl adjacent to an activating group) is 2. The summed E-state index contributed by atoms with van der Waals surface area (Å²) in [6.07, 6.45) is 3.35. The van der Waals surface area contributed by atoms with Crippen molar-refractivity contribution in [2.45, 2.75) is 0 Å². The third-order valence-corrected chi connectivity index (χ3v) is 5.03. The molecule has 4 rings (SSSR count). The van der Waals surface area contributed by atoms with E-state index in [0.29, 0.717) is 11.4 Å². The molecule has 0 unspecified atom stereocenters. The molecule has 1 aliphatic rings. The maximum Gasteiger partial charge on any atom is 0.333 e. The van der Waals surface area contributed by atoms with Crippen molar-refractivity contribution in [1.82, 2.24) is 19.2 Å². The van der Waals surface area contributed by atoms with E-state index in [4.69, 9.17) is 0 Å². The van der Waals surface area contributed by atoms with Crippen LogP contribution in [0.25, 0.3) is 22.3 Å². The summed E-state index contributed by atoms with van der Waals surface area (Å²) >= 11 is 1.46. The molecule has 1 fully saturated rings. The SMILES string of the molecule is CN1C(=O)C(=Cc2c(-c3ccccc3)nc3sccn23)C(=O)N(C)C1=O. The lowest BCUT2D eigenvalue weighted by atomic mass is 10.1. The van der Waals surface area contributed by atoms with Gasteiger partial charge in [-0.3, -0.25) is 23.8 Å². The number of barbiturate groups is 1. The average molecular weight is 366 g/mol. The molecule has 0 spiro atoms. The van der Waals surface area contributed by atoms with Crippen LogP contribution in [0.3, 0.4) is 0 Å². The van der Waals surface area contributed by atoms with Crippen molar-refractivity contribution in [1.29, 1.82) is 0 Å². The van der Waals surface area contributed by atoms with E-state index < -0.39 is 17.8 Å². The van der Waals surface area contributed by atoms with Gasteiger partial charge in [-0.1, -0.05) is 30.3 Å². The summed E-state index contributed by atoms with van der Waals surface area (Å²) in [6.45, 7) is 0. The molecule has 0 bridgehead atoms. The number of hydrogen-bond acceptors (Lipinski definition) is 5. The van der Waals surface area contributed by atoms with Crippen molar-refractivity contribution in [2.75, 3.05) is 14.1 Å². The van der Waals surface area contributed by atoms with Gasteiger partial charge in [0.05, 0.1) is 11.4 Å². The Balaban J connectivity index is 1.93. The van der Waals surface area contributed by atoms with Gasteiger partial charge in [0.1, 0.15) is 5.57 Å². The number of benzene rings is 1. The molecule has 0 N–H and O–H groups in total. The number of hydrogen-bond donors (Lipinski definition) is 0. The van der Waals surface area contributed by atoms with Crippen LogP contribution in [0.15, 0.2) is 47.5 Å². The molecule has 130 valence electrons. The monoisotopic (exact) mass is 366 g/mol. The van der Waals surface area contributed by atoms with Gasteiger partial charge in [0.15, 0.2) is 4.96 Å². The number of aromatic nitrogens is 2. The van der Waals surface area contributed by atoms with Crippen molar-refractivity contribution in [3.63, 3.8) is 0 Å². The van der Waals surface area contributed by atoms with E-state index in [1.54, 1.807) is 0 Å². The van der Waals surface area contributed by atoms with Crippen molar-refractivity contribution in [3.8, 4) is 11.3 Å². The molecule has 2 aromatic heterocycles. The summed E-state index contributed by atoms with van der Waals surface area (Å²) in [6, 6.07) is 8.90. The van der Waals surface area contributed by atoms with Crippen molar-refractivity contribution < 1.29 is 14.4 Å².